The van der Waals surface area contributed by atoms with Crippen LogP contribution in [0.2, 0.25) is 0 Å². The van der Waals surface area contributed by atoms with Gasteiger partial charge in [-0.3, -0.25) is 4.79 Å². The lowest BCUT2D eigenvalue weighted by atomic mass is 10.1. The van der Waals surface area contributed by atoms with E-state index < -0.39 is 0 Å². The molecule has 0 saturated heterocycles. The number of amides is 1. The lowest BCUT2D eigenvalue weighted by molar-refractivity contribution is -0.119. The Morgan fingerprint density at radius 3 is 2.30 bits per heavy atom. The first-order valence-corrected chi connectivity index (χ1v) is 7.70. The highest BCUT2D eigenvalue weighted by Crippen LogP contribution is 2.13. The van der Waals surface area contributed by atoms with E-state index in [9.17, 15) is 4.79 Å². The van der Waals surface area contributed by atoms with Crippen LogP contribution in [0, 0.1) is 13.8 Å². The smallest absolute Gasteiger partial charge is 0.239 e. The Bertz CT molecular complexity index is 395. The van der Waals surface area contributed by atoms with Crippen molar-refractivity contribution < 1.29 is 4.79 Å². The van der Waals surface area contributed by atoms with Gasteiger partial charge in [0.25, 0.3) is 0 Å². The SMILES string of the molecule is CCCCCCCNC(=O)CNc1cc(C)cc(C)c1. The number of rotatable bonds is 9. The van der Waals surface area contributed by atoms with Gasteiger partial charge in [0.2, 0.25) is 5.91 Å². The zero-order valence-corrected chi connectivity index (χ0v) is 13.1. The Balaban J connectivity index is 2.16. The summed E-state index contributed by atoms with van der Waals surface area (Å²) in [5, 5.41) is 6.13. The highest BCUT2D eigenvalue weighted by Gasteiger charge is 2.01. The molecule has 1 rings (SSSR count). The standard InChI is InChI=1S/C17H28N2O/c1-4-5-6-7-8-9-18-17(20)13-19-16-11-14(2)10-15(3)12-16/h10-12,19H,4-9,13H2,1-3H3,(H,18,20). The number of carbonyl (C=O) groups excluding carboxylic acids is 1. The van der Waals surface area contributed by atoms with E-state index in [0.717, 1.165) is 18.7 Å². The second-order valence-corrected chi connectivity index (χ2v) is 5.49. The van der Waals surface area contributed by atoms with E-state index in [1.165, 1.54) is 36.8 Å². The first kappa shape index (κ1) is 16.5. The molecule has 1 amide bonds. The molecule has 1 aromatic rings. The molecule has 0 spiro atoms. The van der Waals surface area contributed by atoms with Gasteiger partial charge in [-0.15, -0.1) is 0 Å². The third-order valence-electron chi connectivity index (χ3n) is 3.28. The molecule has 0 heterocycles. The van der Waals surface area contributed by atoms with E-state index in [1.54, 1.807) is 0 Å². The highest BCUT2D eigenvalue weighted by atomic mass is 16.1. The van der Waals surface area contributed by atoms with Crippen LogP contribution in [0.5, 0.6) is 0 Å². The first-order chi connectivity index (χ1) is 9.61. The summed E-state index contributed by atoms with van der Waals surface area (Å²) in [5.41, 5.74) is 3.44. The summed E-state index contributed by atoms with van der Waals surface area (Å²) in [6.45, 7) is 7.47. The van der Waals surface area contributed by atoms with Gasteiger partial charge >= 0.3 is 0 Å². The topological polar surface area (TPSA) is 41.1 Å². The molecule has 0 aliphatic carbocycles. The number of anilines is 1. The zero-order chi connectivity index (χ0) is 14.8. The van der Waals surface area contributed by atoms with Gasteiger partial charge in [-0.25, -0.2) is 0 Å². The minimum Gasteiger partial charge on any atom is -0.376 e. The quantitative estimate of drug-likeness (QED) is 0.674. The summed E-state index contributed by atoms with van der Waals surface area (Å²) in [6, 6.07) is 6.25. The van der Waals surface area contributed by atoms with Crippen LogP contribution in [-0.2, 0) is 4.79 Å². The van der Waals surface area contributed by atoms with Gasteiger partial charge in [-0.2, -0.15) is 0 Å². The van der Waals surface area contributed by atoms with E-state index in [0.29, 0.717) is 6.54 Å². The number of hydrogen-bond acceptors (Lipinski definition) is 2. The second-order valence-electron chi connectivity index (χ2n) is 5.49. The van der Waals surface area contributed by atoms with Crippen LogP contribution in [0.1, 0.15) is 50.2 Å². The van der Waals surface area contributed by atoms with Crippen LogP contribution in [0.4, 0.5) is 5.69 Å². The van der Waals surface area contributed by atoms with Gasteiger partial charge in [0.05, 0.1) is 6.54 Å². The number of unbranched alkanes of at least 4 members (excludes halogenated alkanes) is 4. The molecule has 0 bridgehead atoms. The van der Waals surface area contributed by atoms with E-state index >= 15 is 0 Å². The van der Waals surface area contributed by atoms with Crippen LogP contribution in [0.3, 0.4) is 0 Å². The zero-order valence-electron chi connectivity index (χ0n) is 13.1. The molecule has 0 aliphatic rings. The molecule has 3 heteroatoms. The lowest BCUT2D eigenvalue weighted by Gasteiger charge is -2.09. The fourth-order valence-electron chi connectivity index (χ4n) is 2.28. The molecule has 1 aromatic carbocycles. The van der Waals surface area contributed by atoms with Crippen molar-refractivity contribution in [1.82, 2.24) is 5.32 Å². The normalized spacial score (nSPS) is 10.3. The molecule has 20 heavy (non-hydrogen) atoms. The summed E-state index contributed by atoms with van der Waals surface area (Å²) in [6.07, 6.45) is 6.11. The number of carbonyl (C=O) groups is 1. The Morgan fingerprint density at radius 1 is 1.00 bits per heavy atom. The molecule has 0 aromatic heterocycles. The molecule has 112 valence electrons. The molecule has 2 N–H and O–H groups in total. The number of nitrogens with one attached hydrogen (secondary N) is 2. The largest absolute Gasteiger partial charge is 0.376 e. The van der Waals surface area contributed by atoms with Crippen LogP contribution >= 0.6 is 0 Å². The average molecular weight is 276 g/mol. The fraction of sp³-hybridized carbons (Fsp3) is 0.588. The molecule has 0 fully saturated rings. The monoisotopic (exact) mass is 276 g/mol. The van der Waals surface area contributed by atoms with Crippen molar-refractivity contribution in [3.63, 3.8) is 0 Å². The summed E-state index contributed by atoms with van der Waals surface area (Å²) in [4.78, 5) is 11.7. The van der Waals surface area contributed by atoms with Crippen LogP contribution in [0.25, 0.3) is 0 Å². The predicted molar refractivity (Wildman–Crippen MR) is 86.2 cm³/mol. The number of benzene rings is 1. The van der Waals surface area contributed by atoms with E-state index in [1.807, 2.05) is 0 Å². The maximum atomic E-state index is 11.7. The molecule has 0 saturated carbocycles. The maximum Gasteiger partial charge on any atom is 0.239 e. The van der Waals surface area contributed by atoms with Crippen molar-refractivity contribution in [2.75, 3.05) is 18.4 Å². The summed E-state index contributed by atoms with van der Waals surface area (Å²) in [7, 11) is 0. The van der Waals surface area contributed by atoms with Gasteiger partial charge < -0.3 is 10.6 Å². The van der Waals surface area contributed by atoms with Gasteiger partial charge in [0.1, 0.15) is 0 Å². The van der Waals surface area contributed by atoms with Gasteiger partial charge in [-0.05, 0) is 43.5 Å². The summed E-state index contributed by atoms with van der Waals surface area (Å²) in [5.74, 6) is 0.0691. The molecule has 0 aliphatic heterocycles. The Morgan fingerprint density at radius 2 is 1.65 bits per heavy atom. The van der Waals surface area contributed by atoms with Crippen molar-refractivity contribution >= 4 is 11.6 Å². The van der Waals surface area contributed by atoms with Crippen molar-refractivity contribution in [1.29, 1.82) is 0 Å². The summed E-state index contributed by atoms with van der Waals surface area (Å²) >= 11 is 0. The van der Waals surface area contributed by atoms with Crippen molar-refractivity contribution in [2.24, 2.45) is 0 Å². The Labute approximate surface area is 123 Å². The minimum atomic E-state index is 0.0691. The molecular weight excluding hydrogens is 248 g/mol. The van der Waals surface area contributed by atoms with E-state index in [4.69, 9.17) is 0 Å². The highest BCUT2D eigenvalue weighted by molar-refractivity contribution is 5.80. The molecule has 0 atom stereocenters. The fourth-order valence-corrected chi connectivity index (χ4v) is 2.28. The molecule has 0 unspecified atom stereocenters. The van der Waals surface area contributed by atoms with Gasteiger partial charge in [-0.1, -0.05) is 38.7 Å². The van der Waals surface area contributed by atoms with Crippen LogP contribution in [0.15, 0.2) is 18.2 Å². The van der Waals surface area contributed by atoms with E-state index in [-0.39, 0.29) is 5.91 Å². The van der Waals surface area contributed by atoms with E-state index in [2.05, 4.69) is 49.6 Å². The van der Waals surface area contributed by atoms with Crippen molar-refractivity contribution in [3.05, 3.63) is 29.3 Å². The Hall–Kier alpha value is -1.51. The lowest BCUT2D eigenvalue weighted by Crippen LogP contribution is -2.30. The average Bonchev–Trinajstić information content (AvgIpc) is 2.39. The third kappa shape index (κ3) is 7.17. The number of hydrogen-bond donors (Lipinski definition) is 2. The van der Waals surface area contributed by atoms with Crippen LogP contribution < -0.4 is 10.6 Å². The first-order valence-electron chi connectivity index (χ1n) is 7.70. The van der Waals surface area contributed by atoms with Gasteiger partial charge in [0.15, 0.2) is 0 Å². The van der Waals surface area contributed by atoms with Crippen molar-refractivity contribution in [2.45, 2.75) is 52.9 Å². The third-order valence-corrected chi connectivity index (χ3v) is 3.28. The maximum absolute atomic E-state index is 11.7. The minimum absolute atomic E-state index is 0.0691. The Kier molecular flexibility index (Phi) is 7.78. The number of aryl methyl sites for hydroxylation is 2. The molecule has 3 nitrogen and oxygen atoms in total. The second kappa shape index (κ2) is 9.40. The van der Waals surface area contributed by atoms with Gasteiger partial charge in [0, 0.05) is 12.2 Å². The summed E-state index contributed by atoms with van der Waals surface area (Å²) < 4.78 is 0. The van der Waals surface area contributed by atoms with Crippen molar-refractivity contribution in [3.8, 4) is 0 Å². The molecule has 0 radical (unpaired) electrons. The predicted octanol–water partition coefficient (Wildman–Crippen LogP) is 3.80. The molecular formula is C17H28N2O. The van der Waals surface area contributed by atoms with Crippen LogP contribution in [-0.4, -0.2) is 19.0 Å².